The van der Waals surface area contributed by atoms with Crippen molar-refractivity contribution in [3.05, 3.63) is 42.2 Å². The number of nitrogens with zero attached hydrogens (tertiary/aromatic N) is 4. The highest BCUT2D eigenvalue weighted by Crippen LogP contribution is 2.24. The second-order valence-corrected chi connectivity index (χ2v) is 8.52. The first kappa shape index (κ1) is 19.4. The van der Waals surface area contributed by atoms with Gasteiger partial charge in [-0.2, -0.15) is 4.31 Å². The Morgan fingerprint density at radius 3 is 2.30 bits per heavy atom. The molecule has 0 atom stereocenters. The number of rotatable bonds is 5. The van der Waals surface area contributed by atoms with Gasteiger partial charge >= 0.3 is 0 Å². The summed E-state index contributed by atoms with van der Waals surface area (Å²) in [5.41, 5.74) is 0. The summed E-state index contributed by atoms with van der Waals surface area (Å²) in [5.74, 6) is -0.390. The molecule has 0 radical (unpaired) electrons. The van der Waals surface area contributed by atoms with Crippen molar-refractivity contribution in [2.75, 3.05) is 37.4 Å². The molecule has 3 rings (SSSR count). The van der Waals surface area contributed by atoms with Crippen molar-refractivity contribution in [1.82, 2.24) is 14.3 Å². The molecule has 7 nitrogen and oxygen atoms in total. The van der Waals surface area contributed by atoms with Gasteiger partial charge in [0.2, 0.25) is 10.0 Å². The van der Waals surface area contributed by atoms with E-state index in [1.165, 1.54) is 10.6 Å². The molecule has 1 N–H and O–H groups in total. The smallest absolute Gasteiger partial charge is 0.243 e. The van der Waals surface area contributed by atoms with Gasteiger partial charge in [0.05, 0.1) is 4.90 Å². The van der Waals surface area contributed by atoms with Crippen LogP contribution in [-0.4, -0.2) is 55.9 Å². The second-order valence-electron chi connectivity index (χ2n) is 6.58. The van der Waals surface area contributed by atoms with E-state index < -0.39 is 21.7 Å². The highest BCUT2D eigenvalue weighted by Gasteiger charge is 2.30. The lowest BCUT2D eigenvalue weighted by Gasteiger charge is -2.32. The molecule has 0 aliphatic carbocycles. The Balaban J connectivity index is 1.65. The molecule has 0 bridgehead atoms. The van der Waals surface area contributed by atoms with Gasteiger partial charge in [0, 0.05) is 45.4 Å². The topological polar surface area (TPSA) is 78.4 Å². The number of hydrogen-bond acceptors (Lipinski definition) is 6. The van der Waals surface area contributed by atoms with E-state index in [0.29, 0.717) is 24.7 Å². The van der Waals surface area contributed by atoms with E-state index in [9.17, 15) is 17.2 Å². The molecule has 0 spiro atoms. The van der Waals surface area contributed by atoms with Crippen molar-refractivity contribution < 1.29 is 17.2 Å². The van der Waals surface area contributed by atoms with Crippen LogP contribution < -0.4 is 10.2 Å². The van der Waals surface area contributed by atoms with Gasteiger partial charge in [0.15, 0.2) is 0 Å². The average Bonchev–Trinajstić information content (AvgIpc) is 2.61. The zero-order valence-electron chi connectivity index (χ0n) is 15.1. The summed E-state index contributed by atoms with van der Waals surface area (Å²) in [4.78, 5) is 9.83. The predicted octanol–water partition coefficient (Wildman–Crippen LogP) is 2.09. The fourth-order valence-electron chi connectivity index (χ4n) is 2.95. The third-order valence-corrected chi connectivity index (χ3v) is 6.27. The van der Waals surface area contributed by atoms with Crippen LogP contribution in [0.5, 0.6) is 0 Å². The van der Waals surface area contributed by atoms with E-state index in [2.05, 4.69) is 15.3 Å². The Bertz CT molecular complexity index is 895. The summed E-state index contributed by atoms with van der Waals surface area (Å²) in [6.45, 7) is 0.507. The normalized spacial score (nSPS) is 16.3. The molecule has 2 heterocycles. The maximum atomic E-state index is 13.4. The minimum atomic E-state index is -3.93. The summed E-state index contributed by atoms with van der Waals surface area (Å²) in [6, 6.07) is 4.20. The summed E-state index contributed by atoms with van der Waals surface area (Å²) in [7, 11) is -0.169. The van der Waals surface area contributed by atoms with Crippen molar-refractivity contribution in [3.63, 3.8) is 0 Å². The number of anilines is 2. The summed E-state index contributed by atoms with van der Waals surface area (Å²) >= 11 is 0. The van der Waals surface area contributed by atoms with Gasteiger partial charge < -0.3 is 10.2 Å². The Morgan fingerprint density at radius 1 is 1.07 bits per heavy atom. The van der Waals surface area contributed by atoms with Gasteiger partial charge in [-0.1, -0.05) is 0 Å². The van der Waals surface area contributed by atoms with E-state index in [1.54, 1.807) is 0 Å². The Kier molecular flexibility index (Phi) is 5.56. The minimum absolute atomic E-state index is 0.0469. The fraction of sp³-hybridized carbons (Fsp3) is 0.412. The fourth-order valence-corrected chi connectivity index (χ4v) is 4.46. The summed E-state index contributed by atoms with van der Waals surface area (Å²) < 4.78 is 53.2. The molecule has 1 aliphatic rings. The molecule has 27 heavy (non-hydrogen) atoms. The van der Waals surface area contributed by atoms with E-state index in [0.717, 1.165) is 18.0 Å². The van der Waals surface area contributed by atoms with Crippen molar-refractivity contribution in [3.8, 4) is 0 Å². The third-order valence-electron chi connectivity index (χ3n) is 4.39. The molecule has 146 valence electrons. The maximum Gasteiger partial charge on any atom is 0.243 e. The highest BCUT2D eigenvalue weighted by atomic mass is 32.2. The van der Waals surface area contributed by atoms with E-state index in [4.69, 9.17) is 0 Å². The first-order valence-corrected chi connectivity index (χ1v) is 9.92. The van der Waals surface area contributed by atoms with Crippen LogP contribution >= 0.6 is 0 Å². The first-order chi connectivity index (χ1) is 12.8. The first-order valence-electron chi connectivity index (χ1n) is 8.48. The van der Waals surface area contributed by atoms with Crippen LogP contribution in [0.3, 0.4) is 0 Å². The molecule has 2 aromatic rings. The maximum absolute atomic E-state index is 13.4. The lowest BCUT2D eigenvalue weighted by atomic mass is 10.1. The zero-order chi connectivity index (χ0) is 19.6. The zero-order valence-corrected chi connectivity index (χ0v) is 15.9. The quantitative estimate of drug-likeness (QED) is 0.832. The SMILES string of the molecule is CN(C)c1cc(NC2CCN(S(=O)(=O)c3cc(F)cc(F)c3)CC2)ncn1. The van der Waals surface area contributed by atoms with E-state index >= 15 is 0 Å². The second kappa shape index (κ2) is 7.73. The number of piperidine rings is 1. The molecule has 1 saturated heterocycles. The van der Waals surface area contributed by atoms with Gasteiger partial charge in [-0.3, -0.25) is 0 Å². The molecule has 0 amide bonds. The molecular formula is C17H21F2N5O2S. The molecule has 1 aromatic heterocycles. The van der Waals surface area contributed by atoms with Crippen LogP contribution in [0, 0.1) is 11.6 Å². The molecule has 0 unspecified atom stereocenters. The molecule has 1 aliphatic heterocycles. The molecule has 1 aromatic carbocycles. The van der Waals surface area contributed by atoms with Crippen LogP contribution in [0.25, 0.3) is 0 Å². The van der Waals surface area contributed by atoms with Crippen LogP contribution in [0.4, 0.5) is 20.4 Å². The van der Waals surface area contributed by atoms with Crippen molar-refractivity contribution in [2.24, 2.45) is 0 Å². The third kappa shape index (κ3) is 4.51. The lowest BCUT2D eigenvalue weighted by Crippen LogP contribution is -2.42. The lowest BCUT2D eigenvalue weighted by molar-refractivity contribution is 0.329. The molecule has 0 saturated carbocycles. The van der Waals surface area contributed by atoms with Gasteiger partial charge in [0.1, 0.15) is 29.6 Å². The number of halogens is 2. The number of benzene rings is 1. The average molecular weight is 397 g/mol. The van der Waals surface area contributed by atoms with Gasteiger partial charge in [-0.05, 0) is 25.0 Å². The van der Waals surface area contributed by atoms with Crippen LogP contribution in [0.15, 0.2) is 35.5 Å². The Morgan fingerprint density at radius 2 is 1.70 bits per heavy atom. The molecule has 1 fully saturated rings. The Labute approximate surface area is 157 Å². The minimum Gasteiger partial charge on any atom is -0.367 e. The van der Waals surface area contributed by atoms with E-state index in [1.807, 2.05) is 25.1 Å². The predicted molar refractivity (Wildman–Crippen MR) is 98.1 cm³/mol. The van der Waals surface area contributed by atoms with E-state index in [-0.39, 0.29) is 24.0 Å². The number of aromatic nitrogens is 2. The largest absolute Gasteiger partial charge is 0.367 e. The van der Waals surface area contributed by atoms with Crippen molar-refractivity contribution in [2.45, 2.75) is 23.8 Å². The summed E-state index contributed by atoms with van der Waals surface area (Å²) in [5, 5.41) is 3.29. The molecule has 10 heteroatoms. The number of sulfonamides is 1. The summed E-state index contributed by atoms with van der Waals surface area (Å²) in [6.07, 6.45) is 2.58. The Hall–Kier alpha value is -2.33. The number of nitrogens with one attached hydrogen (secondary N) is 1. The molecular weight excluding hydrogens is 376 g/mol. The standard InChI is InChI=1S/C17H21F2N5O2S/c1-23(2)17-10-16(20-11-21-17)22-14-3-5-24(6-4-14)27(25,26)15-8-12(18)7-13(19)9-15/h7-11,14H,3-6H2,1-2H3,(H,20,21,22). The van der Waals surface area contributed by atoms with Gasteiger partial charge in [0.25, 0.3) is 0 Å². The highest BCUT2D eigenvalue weighted by molar-refractivity contribution is 7.89. The van der Waals surface area contributed by atoms with Gasteiger partial charge in [-0.25, -0.2) is 27.2 Å². The van der Waals surface area contributed by atoms with Crippen LogP contribution in [0.2, 0.25) is 0 Å². The van der Waals surface area contributed by atoms with Crippen LogP contribution in [-0.2, 0) is 10.0 Å². The van der Waals surface area contributed by atoms with Crippen molar-refractivity contribution >= 4 is 21.7 Å². The van der Waals surface area contributed by atoms with Gasteiger partial charge in [-0.15, -0.1) is 0 Å². The van der Waals surface area contributed by atoms with Crippen molar-refractivity contribution in [1.29, 1.82) is 0 Å². The number of hydrogen-bond donors (Lipinski definition) is 1. The van der Waals surface area contributed by atoms with Crippen LogP contribution in [0.1, 0.15) is 12.8 Å². The monoisotopic (exact) mass is 397 g/mol.